The normalized spacial score (nSPS) is 10.3. The molecule has 3 aromatic rings. The van der Waals surface area contributed by atoms with Crippen molar-refractivity contribution in [2.75, 3.05) is 12.4 Å². The van der Waals surface area contributed by atoms with Gasteiger partial charge in [0.1, 0.15) is 11.3 Å². The second kappa shape index (κ2) is 7.30. The van der Waals surface area contributed by atoms with Gasteiger partial charge in [-0.2, -0.15) is 0 Å². The molecule has 0 saturated carbocycles. The van der Waals surface area contributed by atoms with E-state index in [4.69, 9.17) is 22.9 Å². The standard InChI is InChI=1S/C19H14ClN3O3/c1-21-12-4-5-16-13(8-12)18(14(10-22-16)19(24)25)23-9-11-3-6-17(26-2)15(20)7-11/h3-8,10H,9H2,2H3,(H,22,23)(H,24,25). The number of hydrogen-bond acceptors (Lipinski definition) is 4. The Kier molecular flexibility index (Phi) is 4.92. The molecular formula is C19H14ClN3O3. The Morgan fingerprint density at radius 3 is 2.81 bits per heavy atom. The Morgan fingerprint density at radius 1 is 1.35 bits per heavy atom. The fourth-order valence-electron chi connectivity index (χ4n) is 2.61. The number of fused-ring (bicyclic) bond motifs is 1. The first-order valence-electron chi connectivity index (χ1n) is 7.63. The van der Waals surface area contributed by atoms with Gasteiger partial charge in [-0.3, -0.25) is 4.98 Å². The summed E-state index contributed by atoms with van der Waals surface area (Å²) < 4.78 is 5.13. The number of halogens is 1. The van der Waals surface area contributed by atoms with Crippen LogP contribution in [-0.2, 0) is 6.54 Å². The van der Waals surface area contributed by atoms with Gasteiger partial charge in [0.15, 0.2) is 5.69 Å². The van der Waals surface area contributed by atoms with Gasteiger partial charge < -0.3 is 15.2 Å². The van der Waals surface area contributed by atoms with E-state index in [-0.39, 0.29) is 5.56 Å². The summed E-state index contributed by atoms with van der Waals surface area (Å²) >= 11 is 6.14. The third-order valence-corrected chi connectivity index (χ3v) is 4.19. The van der Waals surface area contributed by atoms with Crippen LogP contribution < -0.4 is 10.1 Å². The van der Waals surface area contributed by atoms with E-state index < -0.39 is 5.97 Å². The van der Waals surface area contributed by atoms with Crippen LogP contribution >= 0.6 is 11.6 Å². The topological polar surface area (TPSA) is 75.8 Å². The molecule has 0 aliphatic rings. The van der Waals surface area contributed by atoms with Gasteiger partial charge in [0, 0.05) is 18.1 Å². The number of benzene rings is 2. The molecule has 0 atom stereocenters. The maximum absolute atomic E-state index is 11.6. The van der Waals surface area contributed by atoms with Crippen molar-refractivity contribution in [1.82, 2.24) is 4.98 Å². The third kappa shape index (κ3) is 3.39. The summed E-state index contributed by atoms with van der Waals surface area (Å²) in [6.45, 7) is 7.52. The lowest BCUT2D eigenvalue weighted by Crippen LogP contribution is -2.08. The summed E-state index contributed by atoms with van der Waals surface area (Å²) in [6.07, 6.45) is 1.31. The predicted octanol–water partition coefficient (Wildman–Crippen LogP) is 4.76. The summed E-state index contributed by atoms with van der Waals surface area (Å²) in [5.41, 5.74) is 2.34. The van der Waals surface area contributed by atoms with E-state index in [1.165, 1.54) is 13.3 Å². The van der Waals surface area contributed by atoms with Gasteiger partial charge in [0.05, 0.1) is 29.9 Å². The molecule has 0 fully saturated rings. The lowest BCUT2D eigenvalue weighted by atomic mass is 10.1. The summed E-state index contributed by atoms with van der Waals surface area (Å²) in [4.78, 5) is 19.2. The van der Waals surface area contributed by atoms with Gasteiger partial charge in [0.25, 0.3) is 0 Å². The van der Waals surface area contributed by atoms with Crippen LogP contribution in [0.15, 0.2) is 42.6 Å². The lowest BCUT2D eigenvalue weighted by Gasteiger charge is -2.14. The summed E-state index contributed by atoms with van der Waals surface area (Å²) in [7, 11) is 1.54. The van der Waals surface area contributed by atoms with Gasteiger partial charge >= 0.3 is 5.97 Å². The van der Waals surface area contributed by atoms with Crippen molar-refractivity contribution in [3.05, 3.63) is 70.2 Å². The van der Waals surface area contributed by atoms with E-state index in [2.05, 4.69) is 15.1 Å². The Morgan fingerprint density at radius 2 is 2.15 bits per heavy atom. The SMILES string of the molecule is [C-]#[N+]c1ccc2ncc(C(=O)O)c(NCc3ccc(OC)c(Cl)c3)c2c1. The van der Waals surface area contributed by atoms with E-state index in [9.17, 15) is 9.90 Å². The van der Waals surface area contributed by atoms with Crippen LogP contribution in [0.2, 0.25) is 5.02 Å². The van der Waals surface area contributed by atoms with Crippen LogP contribution in [0, 0.1) is 6.57 Å². The molecule has 0 bridgehead atoms. The van der Waals surface area contributed by atoms with Gasteiger partial charge in [-0.25, -0.2) is 9.64 Å². The largest absolute Gasteiger partial charge is 0.495 e. The molecule has 1 heterocycles. The van der Waals surface area contributed by atoms with Gasteiger partial charge in [-0.15, -0.1) is 0 Å². The molecule has 7 heteroatoms. The van der Waals surface area contributed by atoms with Crippen molar-refractivity contribution < 1.29 is 14.6 Å². The summed E-state index contributed by atoms with van der Waals surface area (Å²) in [5.74, 6) is -0.527. The van der Waals surface area contributed by atoms with Crippen LogP contribution in [0.1, 0.15) is 15.9 Å². The number of carboxylic acid groups (broad SMARTS) is 1. The molecule has 1 aromatic heterocycles. The number of aromatic carboxylic acids is 1. The number of carboxylic acids is 1. The smallest absolute Gasteiger partial charge is 0.339 e. The number of nitrogens with one attached hydrogen (secondary N) is 1. The highest BCUT2D eigenvalue weighted by molar-refractivity contribution is 6.32. The van der Waals surface area contributed by atoms with Crippen LogP contribution in [0.25, 0.3) is 15.7 Å². The minimum Gasteiger partial charge on any atom is -0.495 e. The van der Waals surface area contributed by atoms with Crippen molar-refractivity contribution in [2.45, 2.75) is 6.54 Å². The van der Waals surface area contributed by atoms with Crippen LogP contribution in [0.5, 0.6) is 5.75 Å². The van der Waals surface area contributed by atoms with Crippen molar-refractivity contribution >= 4 is 39.8 Å². The number of rotatable bonds is 5. The zero-order valence-electron chi connectivity index (χ0n) is 13.8. The number of pyridine rings is 1. The second-order valence-corrected chi connectivity index (χ2v) is 5.89. The first-order valence-corrected chi connectivity index (χ1v) is 8.01. The minimum atomic E-state index is -1.09. The third-order valence-electron chi connectivity index (χ3n) is 3.90. The Hall–Kier alpha value is -3.30. The minimum absolute atomic E-state index is 0.0410. The highest BCUT2D eigenvalue weighted by atomic mass is 35.5. The first-order chi connectivity index (χ1) is 12.5. The second-order valence-electron chi connectivity index (χ2n) is 5.49. The van der Waals surface area contributed by atoms with Crippen LogP contribution in [-0.4, -0.2) is 23.2 Å². The molecule has 0 amide bonds. The van der Waals surface area contributed by atoms with Gasteiger partial charge in [0.2, 0.25) is 0 Å². The Labute approximate surface area is 154 Å². The molecule has 0 aliphatic carbocycles. The summed E-state index contributed by atoms with van der Waals surface area (Å²) in [5, 5.41) is 13.7. The number of nitrogens with zero attached hydrogens (tertiary/aromatic N) is 2. The molecule has 0 saturated heterocycles. The van der Waals surface area contributed by atoms with Crippen molar-refractivity contribution in [1.29, 1.82) is 0 Å². The number of aromatic nitrogens is 1. The molecule has 0 aliphatic heterocycles. The highest BCUT2D eigenvalue weighted by Crippen LogP contribution is 2.31. The number of methoxy groups -OCH3 is 1. The van der Waals surface area contributed by atoms with Crippen LogP contribution in [0.4, 0.5) is 11.4 Å². The fraction of sp³-hybridized carbons (Fsp3) is 0.105. The molecule has 3 rings (SSSR count). The monoisotopic (exact) mass is 367 g/mol. The molecular weight excluding hydrogens is 354 g/mol. The lowest BCUT2D eigenvalue weighted by molar-refractivity contribution is 0.0697. The van der Waals surface area contributed by atoms with E-state index in [0.717, 1.165) is 5.56 Å². The first kappa shape index (κ1) is 17.5. The maximum Gasteiger partial charge on any atom is 0.339 e. The summed E-state index contributed by atoms with van der Waals surface area (Å²) in [6, 6.07) is 10.3. The van der Waals surface area contributed by atoms with E-state index in [1.807, 2.05) is 6.07 Å². The van der Waals surface area contributed by atoms with Crippen molar-refractivity contribution in [3.8, 4) is 5.75 Å². The molecule has 130 valence electrons. The zero-order valence-corrected chi connectivity index (χ0v) is 14.5. The fourth-order valence-corrected chi connectivity index (χ4v) is 2.89. The molecule has 2 aromatic carbocycles. The number of carbonyl (C=O) groups is 1. The predicted molar refractivity (Wildman–Crippen MR) is 100 cm³/mol. The highest BCUT2D eigenvalue weighted by Gasteiger charge is 2.15. The number of anilines is 1. The average Bonchev–Trinajstić information content (AvgIpc) is 2.65. The van der Waals surface area contributed by atoms with E-state index in [1.54, 1.807) is 30.3 Å². The number of hydrogen-bond donors (Lipinski definition) is 2. The van der Waals surface area contributed by atoms with Crippen molar-refractivity contribution in [2.24, 2.45) is 0 Å². The molecule has 0 unspecified atom stereocenters. The van der Waals surface area contributed by atoms with Crippen molar-refractivity contribution in [3.63, 3.8) is 0 Å². The molecule has 0 spiro atoms. The maximum atomic E-state index is 11.6. The quantitative estimate of drug-likeness (QED) is 0.636. The number of ether oxygens (including phenoxy) is 1. The zero-order chi connectivity index (χ0) is 18.7. The van der Waals surface area contributed by atoms with Crippen LogP contribution in [0.3, 0.4) is 0 Å². The van der Waals surface area contributed by atoms with E-state index >= 15 is 0 Å². The Bertz CT molecular complexity index is 1040. The Balaban J connectivity index is 2.02. The average molecular weight is 368 g/mol. The molecule has 0 radical (unpaired) electrons. The van der Waals surface area contributed by atoms with Gasteiger partial charge in [-0.05, 0) is 29.8 Å². The molecule has 6 nitrogen and oxygen atoms in total. The van der Waals surface area contributed by atoms with E-state index in [0.29, 0.717) is 39.6 Å². The molecule has 26 heavy (non-hydrogen) atoms. The molecule has 2 N–H and O–H groups in total. The van der Waals surface area contributed by atoms with Gasteiger partial charge in [-0.1, -0.05) is 23.7 Å².